The van der Waals surface area contributed by atoms with Crippen LogP contribution in [0.15, 0.2) is 36.8 Å². The highest BCUT2D eigenvalue weighted by molar-refractivity contribution is 6.30. The highest BCUT2D eigenvalue weighted by Crippen LogP contribution is 2.13. The van der Waals surface area contributed by atoms with Crippen LogP contribution in [0.5, 0.6) is 0 Å². The van der Waals surface area contributed by atoms with Crippen LogP contribution in [-0.4, -0.2) is 45.6 Å². The Labute approximate surface area is 164 Å². The molecule has 0 aliphatic rings. The van der Waals surface area contributed by atoms with Crippen LogP contribution in [0.25, 0.3) is 0 Å². The summed E-state index contributed by atoms with van der Waals surface area (Å²) in [5, 5.41) is 3.28. The zero-order chi connectivity index (χ0) is 19.9. The van der Waals surface area contributed by atoms with Crippen molar-refractivity contribution in [2.24, 2.45) is 0 Å². The smallest absolute Gasteiger partial charge is 0.410 e. The zero-order valence-corrected chi connectivity index (χ0v) is 16.5. The Kier molecular flexibility index (Phi) is 7.24. The third kappa shape index (κ3) is 7.30. The first-order valence-electron chi connectivity index (χ1n) is 8.73. The lowest BCUT2D eigenvalue weighted by Gasteiger charge is -2.27. The second-order valence-electron chi connectivity index (χ2n) is 7.10. The largest absolute Gasteiger partial charge is 0.444 e. The minimum Gasteiger partial charge on any atom is -0.444 e. The molecule has 0 unspecified atom stereocenters. The first kappa shape index (κ1) is 20.8. The van der Waals surface area contributed by atoms with Crippen molar-refractivity contribution in [2.75, 3.05) is 13.1 Å². The lowest BCUT2D eigenvalue weighted by molar-refractivity contribution is 0.0232. The first-order valence-corrected chi connectivity index (χ1v) is 9.11. The summed E-state index contributed by atoms with van der Waals surface area (Å²) in [7, 11) is 0. The summed E-state index contributed by atoms with van der Waals surface area (Å²) in [5.74, 6) is -0.238. The molecule has 8 heteroatoms. The molecule has 2 amide bonds. The highest BCUT2D eigenvalue weighted by atomic mass is 35.5. The van der Waals surface area contributed by atoms with E-state index in [1.165, 1.54) is 0 Å². The predicted octanol–water partition coefficient (Wildman–Crippen LogP) is 3.62. The number of ether oxygens (including phenoxy) is 1. The number of carbonyl (C=O) groups is 2. The van der Waals surface area contributed by atoms with Crippen molar-refractivity contribution in [3.63, 3.8) is 0 Å². The van der Waals surface area contributed by atoms with E-state index >= 15 is 0 Å². The number of hydrogen-bond acceptors (Lipinski definition) is 4. The Morgan fingerprint density at radius 2 is 2.15 bits per heavy atom. The van der Waals surface area contributed by atoms with Gasteiger partial charge in [0.05, 0.1) is 11.6 Å². The average molecular weight is 393 g/mol. The van der Waals surface area contributed by atoms with E-state index in [4.69, 9.17) is 16.3 Å². The molecule has 0 aliphatic heterocycles. The van der Waals surface area contributed by atoms with Gasteiger partial charge in [0.25, 0.3) is 5.91 Å². The molecule has 2 aromatic rings. The molecule has 0 fully saturated rings. The number of amides is 2. The number of H-pyrrole nitrogens is 1. The third-order valence-electron chi connectivity index (χ3n) is 3.53. The topological polar surface area (TPSA) is 87.3 Å². The number of aromatic nitrogens is 2. The molecule has 2 heterocycles. The minimum absolute atomic E-state index is 0.238. The zero-order valence-electron chi connectivity index (χ0n) is 15.8. The van der Waals surface area contributed by atoms with Gasteiger partial charge in [-0.3, -0.25) is 9.78 Å². The van der Waals surface area contributed by atoms with Crippen LogP contribution in [0.3, 0.4) is 0 Å². The van der Waals surface area contributed by atoms with Crippen molar-refractivity contribution < 1.29 is 14.3 Å². The summed E-state index contributed by atoms with van der Waals surface area (Å²) in [6, 6.07) is 5.29. The standard InChI is InChI=1S/C19H25ClN4O3/c1-19(2,3)27-18(26)24(13-14-6-4-7-21-11-14)9-5-8-22-17(25)16-10-15(20)12-23-16/h4,6-7,10-12,23H,5,8-9,13H2,1-3H3,(H,22,25). The second kappa shape index (κ2) is 9.41. The van der Waals surface area contributed by atoms with Gasteiger partial charge in [-0.15, -0.1) is 0 Å². The summed E-state index contributed by atoms with van der Waals surface area (Å²) < 4.78 is 5.48. The van der Waals surface area contributed by atoms with Crippen molar-refractivity contribution >= 4 is 23.6 Å². The Morgan fingerprint density at radius 3 is 2.74 bits per heavy atom. The first-order chi connectivity index (χ1) is 12.7. The normalized spacial score (nSPS) is 11.1. The molecule has 0 atom stereocenters. The van der Waals surface area contributed by atoms with Gasteiger partial charge in [0.1, 0.15) is 11.3 Å². The molecular weight excluding hydrogens is 368 g/mol. The van der Waals surface area contributed by atoms with E-state index in [-0.39, 0.29) is 5.91 Å². The maximum absolute atomic E-state index is 12.5. The average Bonchev–Trinajstić information content (AvgIpc) is 3.03. The summed E-state index contributed by atoms with van der Waals surface area (Å²) in [5.41, 5.74) is 0.735. The fourth-order valence-corrected chi connectivity index (χ4v) is 2.50. The van der Waals surface area contributed by atoms with Crippen LogP contribution in [0.2, 0.25) is 5.02 Å². The van der Waals surface area contributed by atoms with Gasteiger partial charge < -0.3 is 19.9 Å². The van der Waals surface area contributed by atoms with Crippen LogP contribution in [0.4, 0.5) is 4.79 Å². The molecule has 146 valence electrons. The third-order valence-corrected chi connectivity index (χ3v) is 3.75. The predicted molar refractivity (Wildman–Crippen MR) is 104 cm³/mol. The molecule has 7 nitrogen and oxygen atoms in total. The van der Waals surface area contributed by atoms with E-state index in [0.717, 1.165) is 5.56 Å². The maximum atomic E-state index is 12.5. The maximum Gasteiger partial charge on any atom is 0.410 e. The minimum atomic E-state index is -0.578. The van der Waals surface area contributed by atoms with Gasteiger partial charge in [-0.25, -0.2) is 4.79 Å². The van der Waals surface area contributed by atoms with Crippen molar-refractivity contribution in [1.82, 2.24) is 20.2 Å². The van der Waals surface area contributed by atoms with Gasteiger partial charge in [-0.05, 0) is 44.9 Å². The molecule has 0 saturated carbocycles. The Balaban J connectivity index is 1.89. The van der Waals surface area contributed by atoms with Crippen LogP contribution in [0.1, 0.15) is 43.2 Å². The number of nitrogens with one attached hydrogen (secondary N) is 2. The van der Waals surface area contributed by atoms with E-state index in [2.05, 4.69) is 15.3 Å². The quantitative estimate of drug-likeness (QED) is 0.704. The molecule has 0 aromatic carbocycles. The van der Waals surface area contributed by atoms with Gasteiger partial charge in [-0.2, -0.15) is 0 Å². The van der Waals surface area contributed by atoms with Crippen LogP contribution in [0, 0.1) is 0 Å². The SMILES string of the molecule is CC(C)(C)OC(=O)N(CCCNC(=O)c1cc(Cl)c[nH]1)Cc1cccnc1. The van der Waals surface area contributed by atoms with E-state index < -0.39 is 11.7 Å². The van der Waals surface area contributed by atoms with Crippen LogP contribution < -0.4 is 5.32 Å². The summed E-state index contributed by atoms with van der Waals surface area (Å²) in [6.07, 6.45) is 5.14. The molecule has 2 aromatic heterocycles. The van der Waals surface area contributed by atoms with Gasteiger partial charge in [0.2, 0.25) is 0 Å². The Morgan fingerprint density at radius 1 is 1.37 bits per heavy atom. The van der Waals surface area contributed by atoms with Crippen molar-refractivity contribution in [2.45, 2.75) is 39.3 Å². The fraction of sp³-hybridized carbons (Fsp3) is 0.421. The van der Waals surface area contributed by atoms with Crippen LogP contribution >= 0.6 is 11.6 Å². The van der Waals surface area contributed by atoms with Crippen molar-refractivity contribution in [1.29, 1.82) is 0 Å². The molecule has 2 N–H and O–H groups in total. The van der Waals surface area contributed by atoms with E-state index in [0.29, 0.717) is 36.8 Å². The van der Waals surface area contributed by atoms with Gasteiger partial charge in [0.15, 0.2) is 0 Å². The lowest BCUT2D eigenvalue weighted by atomic mass is 10.2. The summed E-state index contributed by atoms with van der Waals surface area (Å²) in [6.45, 7) is 6.74. The van der Waals surface area contributed by atoms with Crippen molar-refractivity contribution in [3.05, 3.63) is 53.1 Å². The number of pyridine rings is 1. The highest BCUT2D eigenvalue weighted by Gasteiger charge is 2.22. The second-order valence-corrected chi connectivity index (χ2v) is 7.54. The number of hydrogen-bond donors (Lipinski definition) is 2. The monoisotopic (exact) mass is 392 g/mol. The van der Waals surface area contributed by atoms with E-state index in [9.17, 15) is 9.59 Å². The molecular formula is C19H25ClN4O3. The number of rotatable bonds is 7. The number of nitrogens with zero attached hydrogens (tertiary/aromatic N) is 2. The summed E-state index contributed by atoms with van der Waals surface area (Å²) >= 11 is 5.80. The lowest BCUT2D eigenvalue weighted by Crippen LogP contribution is -2.38. The molecule has 0 bridgehead atoms. The molecule has 0 spiro atoms. The fourth-order valence-electron chi connectivity index (χ4n) is 2.34. The Bertz CT molecular complexity index is 756. The van der Waals surface area contributed by atoms with E-state index in [1.54, 1.807) is 29.6 Å². The van der Waals surface area contributed by atoms with E-state index in [1.807, 2.05) is 32.9 Å². The number of aromatic amines is 1. The van der Waals surface area contributed by atoms with Crippen molar-refractivity contribution in [3.8, 4) is 0 Å². The number of halogens is 1. The van der Waals surface area contributed by atoms with Gasteiger partial charge in [-0.1, -0.05) is 17.7 Å². The molecule has 2 rings (SSSR count). The molecule has 27 heavy (non-hydrogen) atoms. The molecule has 0 radical (unpaired) electrons. The Hall–Kier alpha value is -2.54. The van der Waals surface area contributed by atoms with Gasteiger partial charge >= 0.3 is 6.09 Å². The van der Waals surface area contributed by atoms with Crippen LogP contribution in [-0.2, 0) is 11.3 Å². The number of carbonyl (C=O) groups excluding carboxylic acids is 2. The van der Waals surface area contributed by atoms with Gasteiger partial charge in [0, 0.05) is 31.7 Å². The molecule has 0 aliphatic carbocycles. The molecule has 0 saturated heterocycles. The summed E-state index contributed by atoms with van der Waals surface area (Å²) in [4.78, 5) is 33.0.